The summed E-state index contributed by atoms with van der Waals surface area (Å²) >= 11 is 0. The Balaban J connectivity index is 1.48. The molecule has 0 saturated carbocycles. The number of halogens is 3. The number of ether oxygens (including phenoxy) is 2. The minimum Gasteiger partial charge on any atom is -0.441 e. The van der Waals surface area contributed by atoms with Crippen molar-refractivity contribution in [2.45, 2.75) is 70.8 Å². The Labute approximate surface area is 296 Å². The number of carbonyl (C=O) groups is 1. The number of hydrogen-bond acceptors (Lipinski definition) is 10. The first-order valence-corrected chi connectivity index (χ1v) is 18.9. The molecule has 15 heteroatoms. The molecule has 3 unspecified atom stereocenters. The fourth-order valence-corrected chi connectivity index (χ4v) is 12.2. The van der Waals surface area contributed by atoms with Gasteiger partial charge in [0.2, 0.25) is 11.9 Å². The number of rotatable bonds is 8. The highest BCUT2D eigenvalue weighted by Crippen LogP contribution is 2.46. The first-order valence-electron chi connectivity index (χ1n) is 17.0. The van der Waals surface area contributed by atoms with Gasteiger partial charge in [0, 0.05) is 30.9 Å². The number of nitrogens with zero attached hydrogens (tertiary/aromatic N) is 6. The molecule has 3 aromatic rings. The lowest BCUT2D eigenvalue weighted by molar-refractivity contribution is -0.140. The van der Waals surface area contributed by atoms with Crippen LogP contribution in [0.2, 0.25) is 5.04 Å². The highest BCUT2D eigenvalue weighted by molar-refractivity contribution is 6.94. The summed E-state index contributed by atoms with van der Waals surface area (Å²) in [6, 6.07) is 10.8. The normalized spacial score (nSPS) is 22.1. The maximum Gasteiger partial charge on any atom is 0.434 e. The van der Waals surface area contributed by atoms with Gasteiger partial charge in [0.1, 0.15) is 17.5 Å². The van der Waals surface area contributed by atoms with E-state index in [1.807, 2.05) is 18.2 Å². The van der Waals surface area contributed by atoms with Crippen LogP contribution < -0.4 is 20.7 Å². The van der Waals surface area contributed by atoms with Gasteiger partial charge < -0.3 is 24.5 Å². The maximum atomic E-state index is 14.3. The summed E-state index contributed by atoms with van der Waals surface area (Å²) < 4.78 is 61.7. The van der Waals surface area contributed by atoms with Crippen LogP contribution >= 0.6 is 0 Å². The Morgan fingerprint density at radius 3 is 2.43 bits per heavy atom. The minimum absolute atomic E-state index is 0.0618. The first-order chi connectivity index (χ1) is 24.0. The first kappa shape index (κ1) is 36.4. The van der Waals surface area contributed by atoms with Crippen LogP contribution in [0.5, 0.6) is 0 Å². The van der Waals surface area contributed by atoms with E-state index < -0.39 is 49.4 Å². The monoisotopic (exact) mass is 723 g/mol. The number of aromatic nitrogens is 4. The Hall–Kier alpha value is -4.34. The average molecular weight is 724 g/mol. The van der Waals surface area contributed by atoms with Crippen LogP contribution in [0.15, 0.2) is 66.0 Å². The predicted octanol–water partition coefficient (Wildman–Crippen LogP) is 6.21. The molecule has 2 aromatic heterocycles. The van der Waals surface area contributed by atoms with Gasteiger partial charge in [0.15, 0.2) is 5.69 Å². The van der Waals surface area contributed by atoms with E-state index in [-0.39, 0.29) is 29.1 Å². The highest BCUT2D eigenvalue weighted by atomic mass is 28.4. The lowest BCUT2D eigenvalue weighted by Gasteiger charge is -2.46. The van der Waals surface area contributed by atoms with Gasteiger partial charge in [-0.05, 0) is 41.6 Å². The Kier molecular flexibility index (Phi) is 9.76. The molecule has 1 amide bonds. The third-order valence-corrected chi connectivity index (χ3v) is 14.8. The summed E-state index contributed by atoms with van der Waals surface area (Å²) in [5, 5.41) is 2.01. The van der Waals surface area contributed by atoms with E-state index in [2.05, 4.69) is 73.0 Å². The molecule has 2 fully saturated rings. The van der Waals surface area contributed by atoms with E-state index in [9.17, 15) is 18.0 Å². The topological polar surface area (TPSA) is 129 Å². The van der Waals surface area contributed by atoms with Crippen molar-refractivity contribution in [3.8, 4) is 11.3 Å². The van der Waals surface area contributed by atoms with Crippen molar-refractivity contribution in [1.29, 1.82) is 0 Å². The number of anilines is 3. The molecule has 2 N–H and O–H groups in total. The lowest BCUT2D eigenvalue weighted by Crippen LogP contribution is -2.62. The maximum absolute atomic E-state index is 14.3. The number of amides is 1. The van der Waals surface area contributed by atoms with Crippen LogP contribution in [0.25, 0.3) is 11.3 Å². The van der Waals surface area contributed by atoms with E-state index in [4.69, 9.17) is 24.6 Å². The van der Waals surface area contributed by atoms with E-state index in [0.29, 0.717) is 32.2 Å². The fourth-order valence-electron chi connectivity index (χ4n) is 7.17. The molecule has 0 bridgehead atoms. The van der Waals surface area contributed by atoms with Crippen molar-refractivity contribution in [3.05, 3.63) is 71.7 Å². The second-order valence-corrected chi connectivity index (χ2v) is 19.1. The molecule has 1 aromatic carbocycles. The van der Waals surface area contributed by atoms with E-state index >= 15 is 0 Å². The third-order valence-electron chi connectivity index (χ3n) is 9.68. The van der Waals surface area contributed by atoms with Gasteiger partial charge in [-0.3, -0.25) is 4.90 Å². The van der Waals surface area contributed by atoms with Crippen LogP contribution in [0.1, 0.15) is 53.7 Å². The molecule has 6 rings (SSSR count). The molecule has 0 spiro atoms. The molecule has 3 atom stereocenters. The summed E-state index contributed by atoms with van der Waals surface area (Å²) in [4.78, 5) is 33.7. The molecule has 3 aliphatic rings. The number of cyclic esters (lactones) is 1. The number of alkyl halides is 3. The summed E-state index contributed by atoms with van der Waals surface area (Å²) in [7, 11) is -3.02. The Bertz CT molecular complexity index is 1830. The van der Waals surface area contributed by atoms with Crippen molar-refractivity contribution in [1.82, 2.24) is 19.9 Å². The van der Waals surface area contributed by atoms with E-state index in [0.717, 1.165) is 17.8 Å². The average Bonchev–Trinajstić information content (AvgIpc) is 3.31. The van der Waals surface area contributed by atoms with Crippen LogP contribution in [0.3, 0.4) is 0 Å². The van der Waals surface area contributed by atoms with Gasteiger partial charge in [-0.15, -0.1) is 0 Å². The summed E-state index contributed by atoms with van der Waals surface area (Å²) in [5.41, 5.74) is 2.75. The second-order valence-electron chi connectivity index (χ2n) is 14.7. The highest BCUT2D eigenvalue weighted by Gasteiger charge is 2.55. The van der Waals surface area contributed by atoms with Gasteiger partial charge in [0.05, 0.1) is 25.5 Å². The Morgan fingerprint density at radius 1 is 1.08 bits per heavy atom. The van der Waals surface area contributed by atoms with Crippen molar-refractivity contribution >= 4 is 37.3 Å². The molecule has 272 valence electrons. The second kappa shape index (κ2) is 13.7. The van der Waals surface area contributed by atoms with Gasteiger partial charge >= 0.3 is 12.3 Å². The van der Waals surface area contributed by atoms with E-state index in [1.54, 1.807) is 18.7 Å². The van der Waals surface area contributed by atoms with Crippen LogP contribution in [0.4, 0.5) is 35.7 Å². The number of hydrogen-bond donors (Lipinski definition) is 1. The zero-order chi connectivity index (χ0) is 36.8. The zero-order valence-corrected chi connectivity index (χ0v) is 30.7. The summed E-state index contributed by atoms with van der Waals surface area (Å²) in [6.07, 6.45) is 2.69. The molecule has 4 heterocycles. The minimum atomic E-state index is -4.86. The SMILES string of the molecule is CC1C=CC=C([Si](OCC2N(c3cc(-c4cnc(N)nc4C(F)(F)F)nc(N4CCOCC4)n3)C(=O)OC2(C)C)(c2ccccc2)C(C)(C)C)C1. The lowest BCUT2D eigenvalue weighted by atomic mass is 9.99. The van der Waals surface area contributed by atoms with Crippen LogP contribution in [-0.2, 0) is 20.1 Å². The van der Waals surface area contributed by atoms with Gasteiger partial charge in [-0.25, -0.2) is 19.7 Å². The predicted molar refractivity (Wildman–Crippen MR) is 191 cm³/mol. The smallest absolute Gasteiger partial charge is 0.434 e. The molecule has 2 saturated heterocycles. The largest absolute Gasteiger partial charge is 0.441 e. The van der Waals surface area contributed by atoms with Crippen LogP contribution in [-0.4, -0.2) is 78.9 Å². The quantitative estimate of drug-likeness (QED) is 0.268. The number of nitrogen functional groups attached to an aromatic ring is 1. The summed E-state index contributed by atoms with van der Waals surface area (Å²) in [5.74, 6) is -0.0258. The summed E-state index contributed by atoms with van der Waals surface area (Å²) in [6.45, 7) is 14.0. The molecule has 1 aliphatic carbocycles. The molecular formula is C36H44F3N7O4Si. The standard InChI is InChI=1S/C36H44F3N7O4Si/c1-23-11-10-14-25(19-23)51(34(2,3)4,24-12-8-7-9-13-24)49-22-28-35(5,6)50-33(47)46(28)29-20-27(42-32(43-29)45-15-17-48-18-16-45)26-21-41-31(40)44-30(26)36(37,38)39/h7-14,20-21,23,28H,15-19,22H2,1-6H3,(H2,40,41,44). The van der Waals surface area contributed by atoms with Gasteiger partial charge in [-0.2, -0.15) is 18.2 Å². The Morgan fingerprint density at radius 2 is 1.78 bits per heavy atom. The van der Waals surface area contributed by atoms with Crippen LogP contribution in [0, 0.1) is 5.92 Å². The van der Waals surface area contributed by atoms with Crippen molar-refractivity contribution in [2.75, 3.05) is 48.4 Å². The molecule has 51 heavy (non-hydrogen) atoms. The molecule has 2 aliphatic heterocycles. The van der Waals surface area contributed by atoms with E-state index in [1.165, 1.54) is 16.2 Å². The third kappa shape index (κ3) is 7.11. The van der Waals surface area contributed by atoms with Gasteiger partial charge in [-0.1, -0.05) is 76.3 Å². The van der Waals surface area contributed by atoms with Crippen molar-refractivity contribution < 1.29 is 31.9 Å². The van der Waals surface area contributed by atoms with Crippen molar-refractivity contribution in [3.63, 3.8) is 0 Å². The molecular weight excluding hydrogens is 680 g/mol. The van der Waals surface area contributed by atoms with Crippen molar-refractivity contribution in [2.24, 2.45) is 5.92 Å². The fraction of sp³-hybridized carbons (Fsp3) is 0.472. The molecule has 0 radical (unpaired) electrons. The number of morpholine rings is 1. The number of benzene rings is 1. The number of carbonyl (C=O) groups excluding carboxylic acids is 1. The zero-order valence-electron chi connectivity index (χ0n) is 29.7. The van der Waals surface area contributed by atoms with Gasteiger partial charge in [0.25, 0.3) is 8.32 Å². The molecule has 11 nitrogen and oxygen atoms in total. The number of allylic oxidation sites excluding steroid dienone is 4. The number of nitrogens with two attached hydrogens (primary N) is 1.